The molecule has 2 aliphatic rings. The third-order valence-corrected chi connectivity index (χ3v) is 3.15. The van der Waals surface area contributed by atoms with Crippen molar-refractivity contribution < 1.29 is 0 Å². The van der Waals surface area contributed by atoms with Crippen LogP contribution in [0.15, 0.2) is 0 Å². The molecule has 0 N–H and O–H groups in total. The van der Waals surface area contributed by atoms with Crippen molar-refractivity contribution in [3.8, 4) is 0 Å². The minimum absolute atomic E-state index is 1.08. The topological polar surface area (TPSA) is 3.24 Å². The molecule has 0 unspecified atom stereocenters. The highest BCUT2D eigenvalue weighted by Gasteiger charge is 2.25. The standard InChI is InChI=1S/C7H13NS/c1-4-8(9-5-1)6-7-2-3-7/h7H,1-6H2. The molecule has 1 aliphatic heterocycles. The smallest absolute Gasteiger partial charge is 0.0118 e. The second-order valence-electron chi connectivity index (χ2n) is 3.02. The van der Waals surface area contributed by atoms with Crippen molar-refractivity contribution >= 4 is 11.9 Å². The first-order valence-electron chi connectivity index (χ1n) is 3.83. The summed E-state index contributed by atoms with van der Waals surface area (Å²) in [5, 5.41) is 0. The normalized spacial score (nSPS) is 29.3. The van der Waals surface area contributed by atoms with Gasteiger partial charge in [-0.25, -0.2) is 0 Å². The Hall–Kier alpha value is 0.310. The van der Waals surface area contributed by atoms with Crippen molar-refractivity contribution in [1.82, 2.24) is 4.31 Å². The third-order valence-electron chi connectivity index (χ3n) is 1.98. The Balaban J connectivity index is 1.70. The van der Waals surface area contributed by atoms with Crippen LogP contribution in [0.2, 0.25) is 0 Å². The lowest BCUT2D eigenvalue weighted by atomic mass is 10.4. The first-order valence-corrected chi connectivity index (χ1v) is 4.77. The fourth-order valence-electron chi connectivity index (χ4n) is 1.23. The monoisotopic (exact) mass is 143 g/mol. The first-order chi connectivity index (χ1) is 4.45. The molecule has 0 amide bonds. The van der Waals surface area contributed by atoms with E-state index in [1.54, 1.807) is 0 Å². The van der Waals surface area contributed by atoms with Gasteiger partial charge in [0.2, 0.25) is 0 Å². The van der Waals surface area contributed by atoms with Crippen LogP contribution >= 0.6 is 11.9 Å². The van der Waals surface area contributed by atoms with Crippen LogP contribution in [0.25, 0.3) is 0 Å². The van der Waals surface area contributed by atoms with Crippen LogP contribution in [-0.4, -0.2) is 23.1 Å². The molecule has 9 heavy (non-hydrogen) atoms. The Labute approximate surface area is 60.9 Å². The van der Waals surface area contributed by atoms with Gasteiger partial charge in [0.25, 0.3) is 0 Å². The Morgan fingerprint density at radius 1 is 1.44 bits per heavy atom. The highest BCUT2D eigenvalue weighted by Crippen LogP contribution is 2.33. The van der Waals surface area contributed by atoms with E-state index in [0.29, 0.717) is 0 Å². The maximum atomic E-state index is 2.54. The van der Waals surface area contributed by atoms with Gasteiger partial charge in [0.1, 0.15) is 0 Å². The molecule has 52 valence electrons. The zero-order chi connectivity index (χ0) is 6.10. The number of hydrogen-bond donors (Lipinski definition) is 0. The summed E-state index contributed by atoms with van der Waals surface area (Å²) in [6, 6.07) is 0. The van der Waals surface area contributed by atoms with Crippen molar-refractivity contribution in [1.29, 1.82) is 0 Å². The lowest BCUT2D eigenvalue weighted by Gasteiger charge is -2.10. The van der Waals surface area contributed by atoms with E-state index < -0.39 is 0 Å². The summed E-state index contributed by atoms with van der Waals surface area (Å²) in [7, 11) is 0. The molecule has 0 radical (unpaired) electrons. The van der Waals surface area contributed by atoms with Gasteiger partial charge in [-0.1, -0.05) is 11.9 Å². The minimum Gasteiger partial charge on any atom is -0.250 e. The molecular formula is C7H13NS. The van der Waals surface area contributed by atoms with E-state index in [0.717, 1.165) is 5.92 Å². The molecule has 0 atom stereocenters. The van der Waals surface area contributed by atoms with Gasteiger partial charge in [0, 0.05) is 18.8 Å². The Kier molecular flexibility index (Phi) is 1.68. The fraction of sp³-hybridized carbons (Fsp3) is 1.00. The minimum atomic E-state index is 1.08. The molecule has 1 aliphatic carbocycles. The zero-order valence-electron chi connectivity index (χ0n) is 5.68. The number of hydrogen-bond acceptors (Lipinski definition) is 2. The summed E-state index contributed by atoms with van der Waals surface area (Å²) >= 11 is 2.04. The van der Waals surface area contributed by atoms with Crippen molar-refractivity contribution in [3.63, 3.8) is 0 Å². The summed E-state index contributed by atoms with van der Waals surface area (Å²) in [6.07, 6.45) is 4.41. The van der Waals surface area contributed by atoms with Crippen molar-refractivity contribution in [2.24, 2.45) is 5.92 Å². The highest BCUT2D eigenvalue weighted by molar-refractivity contribution is 7.97. The van der Waals surface area contributed by atoms with Crippen molar-refractivity contribution in [3.05, 3.63) is 0 Å². The average molecular weight is 143 g/mol. The van der Waals surface area contributed by atoms with Crippen LogP contribution in [-0.2, 0) is 0 Å². The van der Waals surface area contributed by atoms with Crippen LogP contribution in [0.5, 0.6) is 0 Å². The molecule has 0 bridgehead atoms. The van der Waals surface area contributed by atoms with Crippen molar-refractivity contribution in [2.45, 2.75) is 19.3 Å². The molecule has 0 spiro atoms. The van der Waals surface area contributed by atoms with Gasteiger partial charge in [-0.15, -0.1) is 0 Å². The lowest BCUT2D eigenvalue weighted by molar-refractivity contribution is 0.470. The molecule has 0 aromatic rings. The molecular weight excluding hydrogens is 130 g/mol. The quantitative estimate of drug-likeness (QED) is 0.542. The second-order valence-corrected chi connectivity index (χ2v) is 4.20. The lowest BCUT2D eigenvalue weighted by Crippen LogP contribution is -2.13. The second kappa shape index (κ2) is 2.51. The summed E-state index contributed by atoms with van der Waals surface area (Å²) in [5.74, 6) is 2.45. The van der Waals surface area contributed by atoms with Gasteiger partial charge >= 0.3 is 0 Å². The average Bonchev–Trinajstić information content (AvgIpc) is 2.46. The van der Waals surface area contributed by atoms with Crippen LogP contribution in [0.1, 0.15) is 19.3 Å². The zero-order valence-corrected chi connectivity index (χ0v) is 6.49. The summed E-state index contributed by atoms with van der Waals surface area (Å²) < 4.78 is 2.54. The number of nitrogens with zero attached hydrogens (tertiary/aromatic N) is 1. The van der Waals surface area contributed by atoms with Crippen LogP contribution in [0.3, 0.4) is 0 Å². The molecule has 2 fully saturated rings. The summed E-state index contributed by atoms with van der Waals surface area (Å²) in [5.41, 5.74) is 0. The Bertz CT molecular complexity index is 95.1. The Morgan fingerprint density at radius 2 is 2.33 bits per heavy atom. The largest absolute Gasteiger partial charge is 0.250 e. The maximum absolute atomic E-state index is 2.54. The SMILES string of the molecule is C1CSN(CC2CC2)C1. The van der Waals surface area contributed by atoms with Gasteiger partial charge in [-0.05, 0) is 25.2 Å². The van der Waals surface area contributed by atoms with Crippen LogP contribution < -0.4 is 0 Å². The molecule has 0 aromatic heterocycles. The third kappa shape index (κ3) is 1.62. The van der Waals surface area contributed by atoms with E-state index in [1.165, 1.54) is 38.1 Å². The van der Waals surface area contributed by atoms with E-state index in [1.807, 2.05) is 11.9 Å². The van der Waals surface area contributed by atoms with Gasteiger partial charge in [-0.3, -0.25) is 4.31 Å². The number of rotatable bonds is 2. The van der Waals surface area contributed by atoms with Gasteiger partial charge in [0.05, 0.1) is 0 Å². The van der Waals surface area contributed by atoms with Crippen molar-refractivity contribution in [2.75, 3.05) is 18.8 Å². The molecule has 1 nitrogen and oxygen atoms in total. The van der Waals surface area contributed by atoms with E-state index in [9.17, 15) is 0 Å². The molecule has 1 saturated heterocycles. The summed E-state index contributed by atoms with van der Waals surface area (Å²) in [4.78, 5) is 0. The predicted molar refractivity (Wildman–Crippen MR) is 41.4 cm³/mol. The molecule has 1 saturated carbocycles. The fourth-order valence-corrected chi connectivity index (χ4v) is 2.32. The van der Waals surface area contributed by atoms with Gasteiger partial charge in [-0.2, -0.15) is 0 Å². The first kappa shape index (κ1) is 6.05. The molecule has 2 heteroatoms. The van der Waals surface area contributed by atoms with Crippen LogP contribution in [0, 0.1) is 5.92 Å². The maximum Gasteiger partial charge on any atom is 0.0118 e. The van der Waals surface area contributed by atoms with Gasteiger partial charge < -0.3 is 0 Å². The Morgan fingerprint density at radius 3 is 2.89 bits per heavy atom. The predicted octanol–water partition coefficient (Wildman–Crippen LogP) is 1.75. The summed E-state index contributed by atoms with van der Waals surface area (Å²) in [6.45, 7) is 2.73. The van der Waals surface area contributed by atoms with E-state index >= 15 is 0 Å². The van der Waals surface area contributed by atoms with E-state index in [2.05, 4.69) is 4.31 Å². The molecule has 0 aromatic carbocycles. The van der Waals surface area contributed by atoms with E-state index in [4.69, 9.17) is 0 Å². The van der Waals surface area contributed by atoms with E-state index in [-0.39, 0.29) is 0 Å². The van der Waals surface area contributed by atoms with Gasteiger partial charge in [0.15, 0.2) is 0 Å². The molecule has 2 rings (SSSR count). The van der Waals surface area contributed by atoms with Crippen LogP contribution in [0.4, 0.5) is 0 Å². The molecule has 1 heterocycles. The highest BCUT2D eigenvalue weighted by atomic mass is 32.2.